The van der Waals surface area contributed by atoms with Crippen molar-refractivity contribution in [1.82, 2.24) is 20.0 Å². The molecule has 1 heterocycles. The number of hydrogen-bond acceptors (Lipinski definition) is 8. The van der Waals surface area contributed by atoms with E-state index in [1.54, 1.807) is 19.1 Å². The molecule has 0 amide bonds. The number of halogens is 5. The molecule has 2 aromatic carbocycles. The van der Waals surface area contributed by atoms with Gasteiger partial charge in [-0.1, -0.05) is 29.8 Å². The summed E-state index contributed by atoms with van der Waals surface area (Å²) < 4.78 is 54.8. The number of aromatic nitrogens is 3. The molecule has 0 bridgehead atoms. The first-order valence-electron chi connectivity index (χ1n) is 8.97. The van der Waals surface area contributed by atoms with Crippen molar-refractivity contribution in [3.8, 4) is 17.1 Å². The Morgan fingerprint density at radius 3 is 2.41 bits per heavy atom. The van der Waals surface area contributed by atoms with E-state index < -0.39 is 12.2 Å². The van der Waals surface area contributed by atoms with E-state index in [0.29, 0.717) is 5.56 Å². The Labute approximate surface area is 184 Å². The van der Waals surface area contributed by atoms with Gasteiger partial charge in [-0.25, -0.2) is 9.40 Å². The second-order valence-corrected chi connectivity index (χ2v) is 6.88. The number of hydrazine groups is 1. The van der Waals surface area contributed by atoms with Gasteiger partial charge in [0.05, 0.1) is 17.1 Å². The summed E-state index contributed by atoms with van der Waals surface area (Å²) in [6.45, 7) is 0.0320. The molecule has 8 nitrogen and oxygen atoms in total. The number of ether oxygens (including phenoxy) is 1. The first-order valence-corrected chi connectivity index (χ1v) is 9.35. The molecule has 3 rings (SSSR count). The van der Waals surface area contributed by atoms with E-state index in [0.717, 1.165) is 0 Å². The van der Waals surface area contributed by atoms with E-state index in [-0.39, 0.29) is 40.6 Å². The second-order valence-electron chi connectivity index (χ2n) is 6.48. The average molecular weight is 470 g/mol. The number of nitrogens with one attached hydrogen (secondary N) is 1. The van der Waals surface area contributed by atoms with Crippen LogP contribution in [0.4, 0.5) is 29.5 Å². The number of alkyl halides is 3. The molecule has 3 aromatic rings. The third-order valence-electron chi connectivity index (χ3n) is 3.70. The molecule has 32 heavy (non-hydrogen) atoms. The zero-order valence-electron chi connectivity index (χ0n) is 16.7. The average Bonchev–Trinajstić information content (AvgIpc) is 2.67. The Morgan fingerprint density at radius 1 is 1.06 bits per heavy atom. The van der Waals surface area contributed by atoms with Crippen LogP contribution in [0, 0.1) is 5.82 Å². The van der Waals surface area contributed by atoms with E-state index in [1.165, 1.54) is 42.5 Å². The van der Waals surface area contributed by atoms with Crippen LogP contribution in [0.5, 0.6) is 5.75 Å². The maximum absolute atomic E-state index is 14.3. The number of rotatable bonds is 7. The highest BCUT2D eigenvalue weighted by atomic mass is 35.5. The molecule has 0 radical (unpaired) electrons. The van der Waals surface area contributed by atoms with Crippen LogP contribution in [0.15, 0.2) is 52.7 Å². The van der Waals surface area contributed by atoms with Crippen LogP contribution >= 0.6 is 11.6 Å². The third-order valence-corrected chi connectivity index (χ3v) is 4.02. The highest BCUT2D eigenvalue weighted by molar-refractivity contribution is 6.33. The van der Waals surface area contributed by atoms with Crippen LogP contribution in [0.1, 0.15) is 5.56 Å². The number of anilines is 1. The Bertz CT molecular complexity index is 1090. The summed E-state index contributed by atoms with van der Waals surface area (Å²) in [6.07, 6.45) is -4.77. The van der Waals surface area contributed by atoms with Gasteiger partial charge >= 0.3 is 6.36 Å². The minimum atomic E-state index is -4.77. The van der Waals surface area contributed by atoms with Crippen molar-refractivity contribution in [1.29, 1.82) is 0 Å². The van der Waals surface area contributed by atoms with Gasteiger partial charge in [-0.05, 0) is 29.8 Å². The largest absolute Gasteiger partial charge is 0.573 e. The van der Waals surface area contributed by atoms with Crippen LogP contribution in [0.25, 0.3) is 11.4 Å². The van der Waals surface area contributed by atoms with Gasteiger partial charge in [0.2, 0.25) is 5.95 Å². The topological polar surface area (TPSA) is 87.9 Å². The highest BCUT2D eigenvalue weighted by Crippen LogP contribution is 2.29. The van der Waals surface area contributed by atoms with Crippen molar-refractivity contribution >= 4 is 23.5 Å². The zero-order chi connectivity index (χ0) is 23.3. The van der Waals surface area contributed by atoms with Crippen LogP contribution in [-0.2, 0) is 6.54 Å². The van der Waals surface area contributed by atoms with Crippen LogP contribution < -0.4 is 10.2 Å². The fourth-order valence-corrected chi connectivity index (χ4v) is 2.71. The molecule has 0 saturated carbocycles. The normalized spacial score (nSPS) is 11.9. The van der Waals surface area contributed by atoms with Crippen molar-refractivity contribution in [2.45, 2.75) is 12.9 Å². The smallest absolute Gasteiger partial charge is 0.406 e. The fraction of sp³-hybridized carbons (Fsp3) is 0.211. The van der Waals surface area contributed by atoms with Gasteiger partial charge in [0.15, 0.2) is 5.82 Å². The lowest BCUT2D eigenvalue weighted by Crippen LogP contribution is -2.21. The molecule has 0 fully saturated rings. The van der Waals surface area contributed by atoms with Gasteiger partial charge in [-0.2, -0.15) is 20.1 Å². The molecule has 0 saturated heterocycles. The van der Waals surface area contributed by atoms with E-state index in [9.17, 15) is 17.6 Å². The predicted molar refractivity (Wildman–Crippen MR) is 109 cm³/mol. The van der Waals surface area contributed by atoms with Crippen molar-refractivity contribution in [2.24, 2.45) is 10.2 Å². The fourth-order valence-electron chi connectivity index (χ4n) is 2.46. The number of hydrogen-bond donors (Lipinski definition) is 1. The summed E-state index contributed by atoms with van der Waals surface area (Å²) in [7, 11) is 3.40. The van der Waals surface area contributed by atoms with Crippen LogP contribution in [-0.4, -0.2) is 40.4 Å². The molecule has 0 spiro atoms. The molecule has 1 N–H and O–H groups in total. The predicted octanol–water partition coefficient (Wildman–Crippen LogP) is 5.40. The quantitative estimate of drug-likeness (QED) is 0.283. The maximum atomic E-state index is 14.3. The van der Waals surface area contributed by atoms with Crippen molar-refractivity contribution < 1.29 is 22.3 Å². The van der Waals surface area contributed by atoms with Gasteiger partial charge in [0, 0.05) is 14.1 Å². The van der Waals surface area contributed by atoms with Gasteiger partial charge < -0.3 is 4.74 Å². The molecule has 1 aromatic heterocycles. The van der Waals surface area contributed by atoms with E-state index in [1.807, 2.05) is 0 Å². The van der Waals surface area contributed by atoms with Gasteiger partial charge in [0.25, 0.3) is 5.95 Å². The molecular formula is C19H16ClF4N7O. The molecule has 0 aliphatic rings. The molecule has 0 aliphatic carbocycles. The minimum Gasteiger partial charge on any atom is -0.406 e. The van der Waals surface area contributed by atoms with Crippen molar-refractivity contribution in [3.05, 3.63) is 58.9 Å². The molecule has 0 aliphatic heterocycles. The zero-order valence-corrected chi connectivity index (χ0v) is 17.5. The Balaban J connectivity index is 1.83. The summed E-state index contributed by atoms with van der Waals surface area (Å²) in [5, 5.41) is 9.55. The summed E-state index contributed by atoms with van der Waals surface area (Å²) in [5.41, 5.74) is 3.38. The van der Waals surface area contributed by atoms with E-state index in [2.05, 4.69) is 35.3 Å². The van der Waals surface area contributed by atoms with Crippen LogP contribution in [0.3, 0.4) is 0 Å². The first-order chi connectivity index (χ1) is 15.1. The molecule has 168 valence electrons. The highest BCUT2D eigenvalue weighted by Gasteiger charge is 2.30. The monoisotopic (exact) mass is 469 g/mol. The molecular weight excluding hydrogens is 454 g/mol. The molecule has 0 unspecified atom stereocenters. The maximum Gasteiger partial charge on any atom is 0.573 e. The number of nitrogens with zero attached hydrogens (tertiary/aromatic N) is 6. The Kier molecular flexibility index (Phi) is 7.15. The Morgan fingerprint density at radius 2 is 1.78 bits per heavy atom. The van der Waals surface area contributed by atoms with E-state index >= 15 is 0 Å². The number of benzene rings is 2. The lowest BCUT2D eigenvalue weighted by molar-refractivity contribution is -0.274. The standard InChI is InChI=1S/C19H16ClF4N7O/c1-31(2)30-18-27-16(15-13(20)4-3-5-14(15)21)26-17(28-18)29-25-10-11-6-8-12(9-7-11)32-19(22,23)24/h3-9H,10H2,1-2H3,(H,26,27,28,30). The van der Waals surface area contributed by atoms with Crippen molar-refractivity contribution in [3.63, 3.8) is 0 Å². The van der Waals surface area contributed by atoms with Gasteiger partial charge in [-0.15, -0.1) is 18.3 Å². The SMILES string of the molecule is CN(C)Nc1nc(N=NCc2ccc(OC(F)(F)F)cc2)nc(-c2c(F)cccc2Cl)n1. The lowest BCUT2D eigenvalue weighted by atomic mass is 10.2. The lowest BCUT2D eigenvalue weighted by Gasteiger charge is -2.13. The summed E-state index contributed by atoms with van der Waals surface area (Å²) in [5.74, 6) is -1.04. The third kappa shape index (κ3) is 6.56. The van der Waals surface area contributed by atoms with Gasteiger partial charge in [0.1, 0.15) is 11.6 Å². The molecule has 13 heteroatoms. The first kappa shape index (κ1) is 23.3. The second kappa shape index (κ2) is 9.83. The summed E-state index contributed by atoms with van der Waals surface area (Å²) in [6, 6.07) is 9.33. The van der Waals surface area contributed by atoms with Gasteiger partial charge in [-0.3, -0.25) is 5.43 Å². The van der Waals surface area contributed by atoms with Crippen molar-refractivity contribution in [2.75, 3.05) is 19.5 Å². The summed E-state index contributed by atoms with van der Waals surface area (Å²) >= 11 is 6.11. The molecule has 0 atom stereocenters. The van der Waals surface area contributed by atoms with Crippen LogP contribution in [0.2, 0.25) is 5.02 Å². The number of azo groups is 1. The van der Waals surface area contributed by atoms with E-state index in [4.69, 9.17) is 11.6 Å². The Hall–Kier alpha value is -3.38. The minimum absolute atomic E-state index is 0.0184. The summed E-state index contributed by atoms with van der Waals surface area (Å²) in [4.78, 5) is 12.4.